The normalized spacial score (nSPS) is 15.8. The molecule has 3 aromatic rings. The van der Waals surface area contributed by atoms with Gasteiger partial charge in [-0.25, -0.2) is 4.98 Å². The predicted octanol–water partition coefficient (Wildman–Crippen LogP) is 6.21. The third kappa shape index (κ3) is 9.65. The molecule has 2 aromatic carbocycles. The number of fused-ring (bicyclic) bond motifs is 1. The van der Waals surface area contributed by atoms with Gasteiger partial charge in [0.25, 0.3) is 0 Å². The Balaban J connectivity index is 1.40. The van der Waals surface area contributed by atoms with Crippen LogP contribution in [0.25, 0.3) is 10.2 Å². The molecule has 0 aliphatic carbocycles. The van der Waals surface area contributed by atoms with Gasteiger partial charge in [0.2, 0.25) is 5.91 Å². The first-order valence-corrected chi connectivity index (χ1v) is 15.4. The fraction of sp³-hybridized carbons (Fsp3) is 0.438. The highest BCUT2D eigenvalue weighted by Crippen LogP contribution is 2.27. The van der Waals surface area contributed by atoms with Gasteiger partial charge in [0.15, 0.2) is 5.78 Å². The molecule has 0 bridgehead atoms. The van der Waals surface area contributed by atoms with Crippen molar-refractivity contribution in [2.24, 2.45) is 5.92 Å². The Hall–Kier alpha value is -2.87. The van der Waals surface area contributed by atoms with Gasteiger partial charge in [-0.3, -0.25) is 14.5 Å². The van der Waals surface area contributed by atoms with Gasteiger partial charge in [0, 0.05) is 36.9 Å². The Morgan fingerprint density at radius 2 is 1.85 bits per heavy atom. The number of allylic oxidation sites excluding steroid dienone is 1. The van der Waals surface area contributed by atoms with Crippen molar-refractivity contribution in [2.75, 3.05) is 19.6 Å². The maximum atomic E-state index is 13.5. The molecule has 4 rings (SSSR count). The van der Waals surface area contributed by atoms with E-state index in [9.17, 15) is 14.4 Å². The molecule has 1 aromatic heterocycles. The van der Waals surface area contributed by atoms with Gasteiger partial charge in [-0.05, 0) is 75.5 Å². The first kappa shape index (κ1) is 30.1. The van der Waals surface area contributed by atoms with Crippen LogP contribution in [-0.2, 0) is 27.2 Å². The SMILES string of the molecule is CC(=O)C[C@@H](Cc1nc2ccc(Cl)cc2s1)C(=O)N[C@H](CCC(=O)/C=C/CN1CCCCC1)Cc1ccccc1. The van der Waals surface area contributed by atoms with Crippen LogP contribution in [0.1, 0.15) is 56.0 Å². The molecule has 1 amide bonds. The molecule has 40 heavy (non-hydrogen) atoms. The summed E-state index contributed by atoms with van der Waals surface area (Å²) in [5.74, 6) is -0.691. The average Bonchev–Trinajstić information content (AvgIpc) is 3.33. The Bertz CT molecular complexity index is 1320. The van der Waals surface area contributed by atoms with Crippen molar-refractivity contribution in [2.45, 2.75) is 64.3 Å². The van der Waals surface area contributed by atoms with Crippen LogP contribution in [0.4, 0.5) is 0 Å². The second-order valence-electron chi connectivity index (χ2n) is 10.7. The summed E-state index contributed by atoms with van der Waals surface area (Å²) in [4.78, 5) is 45.4. The van der Waals surface area contributed by atoms with Crippen molar-refractivity contribution >= 4 is 50.6 Å². The van der Waals surface area contributed by atoms with E-state index in [4.69, 9.17) is 11.6 Å². The van der Waals surface area contributed by atoms with Crippen LogP contribution < -0.4 is 5.32 Å². The van der Waals surface area contributed by atoms with Crippen molar-refractivity contribution in [3.63, 3.8) is 0 Å². The molecule has 0 spiro atoms. The minimum absolute atomic E-state index is 0.0436. The largest absolute Gasteiger partial charge is 0.353 e. The lowest BCUT2D eigenvalue weighted by Crippen LogP contribution is -2.41. The lowest BCUT2D eigenvalue weighted by atomic mass is 9.95. The number of aromatic nitrogens is 1. The molecule has 8 heteroatoms. The van der Waals surface area contributed by atoms with Crippen LogP contribution in [0.3, 0.4) is 0 Å². The van der Waals surface area contributed by atoms with Crippen LogP contribution >= 0.6 is 22.9 Å². The zero-order valence-electron chi connectivity index (χ0n) is 23.1. The third-order valence-corrected chi connectivity index (χ3v) is 8.52. The van der Waals surface area contributed by atoms with Crippen LogP contribution in [-0.4, -0.2) is 53.0 Å². The monoisotopic (exact) mass is 579 g/mol. The molecule has 0 unspecified atom stereocenters. The number of carbonyl (C=O) groups excluding carboxylic acids is 3. The number of thiazole rings is 1. The fourth-order valence-corrected chi connectivity index (χ4v) is 6.49. The van der Waals surface area contributed by atoms with Gasteiger partial charge < -0.3 is 10.1 Å². The van der Waals surface area contributed by atoms with Crippen LogP contribution in [0.5, 0.6) is 0 Å². The number of amides is 1. The number of Topliss-reactive ketones (excluding diaryl/α,β-unsaturated/α-hetero) is 1. The number of rotatable bonds is 14. The Morgan fingerprint density at radius 3 is 2.60 bits per heavy atom. The molecule has 1 aliphatic rings. The summed E-state index contributed by atoms with van der Waals surface area (Å²) in [6.07, 6.45) is 9.39. The van der Waals surface area contributed by atoms with Crippen LogP contribution in [0.15, 0.2) is 60.7 Å². The smallest absolute Gasteiger partial charge is 0.224 e. The minimum atomic E-state index is -0.535. The number of ketones is 2. The molecule has 212 valence electrons. The second kappa shape index (κ2) is 15.2. The summed E-state index contributed by atoms with van der Waals surface area (Å²) >= 11 is 7.63. The second-order valence-corrected chi connectivity index (χ2v) is 12.2. The van der Waals surface area contributed by atoms with Gasteiger partial charge in [0.1, 0.15) is 5.78 Å². The zero-order chi connectivity index (χ0) is 28.3. The maximum Gasteiger partial charge on any atom is 0.224 e. The van der Waals surface area contributed by atoms with Gasteiger partial charge in [-0.2, -0.15) is 0 Å². The number of carbonyl (C=O) groups is 3. The lowest BCUT2D eigenvalue weighted by molar-refractivity contribution is -0.129. The maximum absolute atomic E-state index is 13.5. The van der Waals surface area contributed by atoms with Gasteiger partial charge in [0.05, 0.1) is 21.1 Å². The topological polar surface area (TPSA) is 79.4 Å². The molecule has 0 radical (unpaired) electrons. The summed E-state index contributed by atoms with van der Waals surface area (Å²) in [6.45, 7) is 4.50. The molecule has 6 nitrogen and oxygen atoms in total. The number of benzene rings is 2. The number of nitrogens with one attached hydrogen (secondary N) is 1. The van der Waals surface area contributed by atoms with E-state index in [0.717, 1.165) is 40.4 Å². The molecule has 2 heterocycles. The van der Waals surface area contributed by atoms with E-state index in [1.807, 2.05) is 48.5 Å². The summed E-state index contributed by atoms with van der Waals surface area (Å²) in [7, 11) is 0. The van der Waals surface area contributed by atoms with E-state index in [-0.39, 0.29) is 29.9 Å². The molecule has 2 atom stereocenters. The van der Waals surface area contributed by atoms with E-state index in [0.29, 0.717) is 30.7 Å². The minimum Gasteiger partial charge on any atom is -0.353 e. The van der Waals surface area contributed by atoms with Crippen LogP contribution in [0, 0.1) is 5.92 Å². The van der Waals surface area contributed by atoms with Crippen molar-refractivity contribution < 1.29 is 14.4 Å². The Kier molecular flexibility index (Phi) is 11.5. The highest BCUT2D eigenvalue weighted by Gasteiger charge is 2.25. The quantitative estimate of drug-likeness (QED) is 0.230. The molecule has 0 saturated carbocycles. The van der Waals surface area contributed by atoms with Gasteiger partial charge >= 0.3 is 0 Å². The first-order chi connectivity index (χ1) is 19.4. The zero-order valence-corrected chi connectivity index (χ0v) is 24.7. The molecule has 1 saturated heterocycles. The highest BCUT2D eigenvalue weighted by molar-refractivity contribution is 7.18. The Labute approximate surface area is 245 Å². The number of piperidine rings is 1. The summed E-state index contributed by atoms with van der Waals surface area (Å²) < 4.78 is 0.957. The molecular weight excluding hydrogens is 542 g/mol. The molecule has 1 N–H and O–H groups in total. The lowest BCUT2D eigenvalue weighted by Gasteiger charge is -2.24. The van der Waals surface area contributed by atoms with E-state index < -0.39 is 5.92 Å². The van der Waals surface area contributed by atoms with Crippen LogP contribution in [0.2, 0.25) is 5.02 Å². The number of halogens is 1. The number of hydrogen-bond acceptors (Lipinski definition) is 6. The van der Waals surface area contributed by atoms with E-state index in [1.165, 1.54) is 37.5 Å². The van der Waals surface area contributed by atoms with Gasteiger partial charge in [-0.15, -0.1) is 11.3 Å². The van der Waals surface area contributed by atoms with Crippen molar-refractivity contribution in [1.82, 2.24) is 15.2 Å². The molecule has 1 fully saturated rings. The van der Waals surface area contributed by atoms with E-state index in [1.54, 1.807) is 12.1 Å². The van der Waals surface area contributed by atoms with Crippen molar-refractivity contribution in [3.8, 4) is 0 Å². The molecule has 1 aliphatic heterocycles. The Morgan fingerprint density at radius 1 is 1.07 bits per heavy atom. The average molecular weight is 580 g/mol. The van der Waals surface area contributed by atoms with E-state index >= 15 is 0 Å². The first-order valence-electron chi connectivity index (χ1n) is 14.2. The standard InChI is InChI=1S/C32H38ClN3O3S/c1-23(37)19-25(21-31-35-29-15-12-26(33)22-30(29)40-31)32(39)34-27(20-24-9-4-2-5-10-24)13-14-28(38)11-8-18-36-16-6-3-7-17-36/h2,4-5,8-12,15,22,25,27H,3,6-7,13-14,16-21H2,1H3,(H,34,39)/b11-8+/t25-,27+/m0/s1. The summed E-state index contributed by atoms with van der Waals surface area (Å²) in [6, 6.07) is 15.3. The van der Waals surface area contributed by atoms with E-state index in [2.05, 4.69) is 15.2 Å². The number of nitrogens with zero attached hydrogens (tertiary/aromatic N) is 2. The fourth-order valence-electron chi connectivity index (χ4n) is 5.17. The number of likely N-dealkylation sites (tertiary alicyclic amines) is 1. The number of hydrogen-bond donors (Lipinski definition) is 1. The van der Waals surface area contributed by atoms with Gasteiger partial charge in [-0.1, -0.05) is 54.4 Å². The predicted molar refractivity (Wildman–Crippen MR) is 163 cm³/mol. The summed E-state index contributed by atoms with van der Waals surface area (Å²) in [5, 5.41) is 4.61. The third-order valence-electron chi connectivity index (χ3n) is 7.25. The molecular formula is C32H38ClN3O3S. The van der Waals surface area contributed by atoms with Crippen molar-refractivity contribution in [1.29, 1.82) is 0 Å². The van der Waals surface area contributed by atoms with Crippen molar-refractivity contribution in [3.05, 3.63) is 76.3 Å². The summed E-state index contributed by atoms with van der Waals surface area (Å²) in [5.41, 5.74) is 1.92. The highest BCUT2D eigenvalue weighted by atomic mass is 35.5.